The molecular weight excluding hydrogens is 180 g/mol. The van der Waals surface area contributed by atoms with Gasteiger partial charge in [-0.2, -0.15) is 0 Å². The molecular formula is C11H22O3. The van der Waals surface area contributed by atoms with E-state index in [0.717, 1.165) is 6.42 Å². The molecule has 0 aromatic rings. The highest BCUT2D eigenvalue weighted by Gasteiger charge is 2.33. The molecule has 0 aromatic heterocycles. The van der Waals surface area contributed by atoms with Gasteiger partial charge in [-0.3, -0.25) is 4.79 Å². The van der Waals surface area contributed by atoms with Crippen molar-refractivity contribution in [3.05, 3.63) is 0 Å². The van der Waals surface area contributed by atoms with E-state index in [2.05, 4.69) is 0 Å². The Kier molecular flexibility index (Phi) is 4.59. The molecule has 0 amide bonds. The van der Waals surface area contributed by atoms with Crippen LogP contribution in [0.3, 0.4) is 0 Å². The second-order valence-corrected chi connectivity index (χ2v) is 4.68. The van der Waals surface area contributed by atoms with Crippen molar-refractivity contribution in [3.63, 3.8) is 0 Å². The largest absolute Gasteiger partial charge is 0.481 e. The number of methoxy groups -OCH3 is 1. The van der Waals surface area contributed by atoms with E-state index in [1.807, 2.05) is 20.8 Å². The van der Waals surface area contributed by atoms with Gasteiger partial charge in [0.1, 0.15) is 0 Å². The highest BCUT2D eigenvalue weighted by molar-refractivity contribution is 5.73. The molecule has 0 aromatic carbocycles. The Morgan fingerprint density at radius 3 is 2.07 bits per heavy atom. The van der Waals surface area contributed by atoms with Crippen molar-refractivity contribution >= 4 is 5.97 Å². The molecule has 0 aliphatic heterocycles. The zero-order valence-electron chi connectivity index (χ0n) is 9.89. The maximum Gasteiger partial charge on any atom is 0.309 e. The second-order valence-electron chi connectivity index (χ2n) is 4.68. The molecule has 14 heavy (non-hydrogen) atoms. The van der Waals surface area contributed by atoms with E-state index < -0.39 is 11.4 Å². The highest BCUT2D eigenvalue weighted by Crippen LogP contribution is 2.31. The number of carboxylic acid groups (broad SMARTS) is 1. The fourth-order valence-electron chi connectivity index (χ4n) is 1.11. The standard InChI is InChI=1S/C11H22O3/c1-6-11(4,9(12)13)8-7-10(2,3)14-5/h6-8H2,1-5H3,(H,12,13). The molecule has 0 aliphatic carbocycles. The molecule has 0 saturated carbocycles. The molecule has 0 aliphatic rings. The van der Waals surface area contributed by atoms with Gasteiger partial charge in [-0.25, -0.2) is 0 Å². The summed E-state index contributed by atoms with van der Waals surface area (Å²) in [5.41, 5.74) is -0.846. The van der Waals surface area contributed by atoms with Crippen molar-refractivity contribution in [1.29, 1.82) is 0 Å². The predicted molar refractivity (Wildman–Crippen MR) is 56.4 cm³/mol. The fourth-order valence-corrected chi connectivity index (χ4v) is 1.11. The van der Waals surface area contributed by atoms with Gasteiger partial charge in [0.05, 0.1) is 11.0 Å². The first-order valence-corrected chi connectivity index (χ1v) is 5.06. The van der Waals surface area contributed by atoms with Crippen LogP contribution in [0, 0.1) is 5.41 Å². The van der Waals surface area contributed by atoms with Crippen LogP contribution in [0.25, 0.3) is 0 Å². The van der Waals surface area contributed by atoms with Crippen LogP contribution < -0.4 is 0 Å². The molecule has 1 N–H and O–H groups in total. The Morgan fingerprint density at radius 1 is 1.29 bits per heavy atom. The lowest BCUT2D eigenvalue weighted by Gasteiger charge is -2.29. The minimum absolute atomic E-state index is 0.230. The first-order chi connectivity index (χ1) is 6.27. The zero-order chi connectivity index (χ0) is 11.4. The lowest BCUT2D eigenvalue weighted by atomic mass is 9.80. The van der Waals surface area contributed by atoms with Crippen LogP contribution in [0.2, 0.25) is 0 Å². The van der Waals surface area contributed by atoms with Crippen molar-refractivity contribution in [1.82, 2.24) is 0 Å². The SMILES string of the molecule is CCC(C)(CCC(C)(C)OC)C(=O)O. The second kappa shape index (κ2) is 4.78. The first kappa shape index (κ1) is 13.4. The molecule has 0 spiro atoms. The van der Waals surface area contributed by atoms with Gasteiger partial charge >= 0.3 is 5.97 Å². The smallest absolute Gasteiger partial charge is 0.309 e. The van der Waals surface area contributed by atoms with E-state index in [1.54, 1.807) is 14.0 Å². The number of aliphatic carboxylic acids is 1. The fraction of sp³-hybridized carbons (Fsp3) is 0.909. The van der Waals surface area contributed by atoms with Gasteiger partial charge in [-0.1, -0.05) is 6.92 Å². The summed E-state index contributed by atoms with van der Waals surface area (Å²) in [6, 6.07) is 0. The average Bonchev–Trinajstić information content (AvgIpc) is 2.14. The van der Waals surface area contributed by atoms with Gasteiger partial charge in [-0.05, 0) is 40.0 Å². The normalized spacial score (nSPS) is 16.4. The minimum Gasteiger partial charge on any atom is -0.481 e. The van der Waals surface area contributed by atoms with Crippen molar-refractivity contribution in [3.8, 4) is 0 Å². The molecule has 0 heterocycles. The van der Waals surface area contributed by atoms with Gasteiger partial charge in [0, 0.05) is 7.11 Å². The number of hydrogen-bond acceptors (Lipinski definition) is 2. The number of hydrogen-bond donors (Lipinski definition) is 1. The predicted octanol–water partition coefficient (Wildman–Crippen LogP) is 2.69. The van der Waals surface area contributed by atoms with Crippen molar-refractivity contribution < 1.29 is 14.6 Å². The first-order valence-electron chi connectivity index (χ1n) is 5.06. The number of ether oxygens (including phenoxy) is 1. The Morgan fingerprint density at radius 2 is 1.79 bits per heavy atom. The summed E-state index contributed by atoms with van der Waals surface area (Å²) in [5, 5.41) is 9.06. The van der Waals surface area contributed by atoms with Crippen LogP contribution in [-0.2, 0) is 9.53 Å². The maximum absolute atomic E-state index is 11.0. The zero-order valence-corrected chi connectivity index (χ0v) is 9.89. The highest BCUT2D eigenvalue weighted by atomic mass is 16.5. The van der Waals surface area contributed by atoms with E-state index in [1.165, 1.54) is 0 Å². The van der Waals surface area contributed by atoms with E-state index in [9.17, 15) is 4.79 Å². The number of carboxylic acids is 1. The maximum atomic E-state index is 11.0. The quantitative estimate of drug-likeness (QED) is 0.720. The summed E-state index contributed by atoms with van der Waals surface area (Å²) in [7, 11) is 1.66. The number of carbonyl (C=O) groups is 1. The number of rotatable bonds is 6. The van der Waals surface area contributed by atoms with Crippen LogP contribution in [0.5, 0.6) is 0 Å². The van der Waals surface area contributed by atoms with E-state index in [-0.39, 0.29) is 5.60 Å². The summed E-state index contributed by atoms with van der Waals surface area (Å²) >= 11 is 0. The monoisotopic (exact) mass is 202 g/mol. The van der Waals surface area contributed by atoms with Gasteiger partial charge in [0.25, 0.3) is 0 Å². The lowest BCUT2D eigenvalue weighted by molar-refractivity contribution is -0.149. The Balaban J connectivity index is 4.29. The van der Waals surface area contributed by atoms with E-state index in [0.29, 0.717) is 12.8 Å². The molecule has 0 saturated heterocycles. The summed E-state index contributed by atoms with van der Waals surface area (Å²) in [6.07, 6.45) is 2.07. The van der Waals surface area contributed by atoms with Gasteiger partial charge < -0.3 is 9.84 Å². The van der Waals surface area contributed by atoms with Gasteiger partial charge in [0.15, 0.2) is 0 Å². The molecule has 1 atom stereocenters. The van der Waals surface area contributed by atoms with Crippen molar-refractivity contribution in [2.24, 2.45) is 5.41 Å². The van der Waals surface area contributed by atoms with Crippen LogP contribution >= 0.6 is 0 Å². The Hall–Kier alpha value is -0.570. The molecule has 1 unspecified atom stereocenters. The summed E-state index contributed by atoms with van der Waals surface area (Å²) in [6.45, 7) is 7.66. The Labute approximate surface area is 86.5 Å². The topological polar surface area (TPSA) is 46.5 Å². The molecule has 84 valence electrons. The molecule has 0 radical (unpaired) electrons. The van der Waals surface area contributed by atoms with Crippen LogP contribution in [0.4, 0.5) is 0 Å². The van der Waals surface area contributed by atoms with Crippen molar-refractivity contribution in [2.45, 2.75) is 52.6 Å². The molecule has 0 rings (SSSR count). The molecule has 3 heteroatoms. The molecule has 3 nitrogen and oxygen atoms in total. The van der Waals surface area contributed by atoms with E-state index >= 15 is 0 Å². The minimum atomic E-state index is -0.716. The van der Waals surface area contributed by atoms with Crippen LogP contribution in [-0.4, -0.2) is 23.8 Å². The van der Waals surface area contributed by atoms with Crippen molar-refractivity contribution in [2.75, 3.05) is 7.11 Å². The summed E-state index contributed by atoms with van der Waals surface area (Å²) in [4.78, 5) is 11.0. The van der Waals surface area contributed by atoms with Crippen LogP contribution in [0.15, 0.2) is 0 Å². The lowest BCUT2D eigenvalue weighted by Crippen LogP contribution is -2.31. The summed E-state index contributed by atoms with van der Waals surface area (Å²) in [5.74, 6) is -0.716. The molecule has 0 fully saturated rings. The Bertz CT molecular complexity index is 199. The van der Waals surface area contributed by atoms with E-state index in [4.69, 9.17) is 9.84 Å². The third kappa shape index (κ3) is 3.66. The third-order valence-corrected chi connectivity index (χ3v) is 3.13. The average molecular weight is 202 g/mol. The molecule has 0 bridgehead atoms. The third-order valence-electron chi connectivity index (χ3n) is 3.13. The van der Waals surface area contributed by atoms with Gasteiger partial charge in [-0.15, -0.1) is 0 Å². The summed E-state index contributed by atoms with van der Waals surface area (Å²) < 4.78 is 5.26. The van der Waals surface area contributed by atoms with Gasteiger partial charge in [0.2, 0.25) is 0 Å². The van der Waals surface area contributed by atoms with Crippen LogP contribution in [0.1, 0.15) is 47.0 Å².